The van der Waals surface area contributed by atoms with E-state index in [1.807, 2.05) is 37.4 Å². The van der Waals surface area contributed by atoms with Gasteiger partial charge in [-0.2, -0.15) is 0 Å². The first kappa shape index (κ1) is 14.8. The Morgan fingerprint density at radius 1 is 1.35 bits per heavy atom. The van der Waals surface area contributed by atoms with Crippen molar-refractivity contribution < 1.29 is 0 Å². The predicted octanol–water partition coefficient (Wildman–Crippen LogP) is 3.57. The molecule has 0 amide bonds. The summed E-state index contributed by atoms with van der Waals surface area (Å²) in [6, 6.07) is 11.9. The lowest BCUT2D eigenvalue weighted by Gasteiger charge is -2.27. The molecular formula is C15H16ClN3S. The fourth-order valence-corrected chi connectivity index (χ4v) is 2.30. The molecule has 0 saturated heterocycles. The Balaban J connectivity index is 2.28. The number of halogens is 1. The summed E-state index contributed by atoms with van der Waals surface area (Å²) in [5.41, 5.74) is 8.41. The van der Waals surface area contributed by atoms with Gasteiger partial charge in [-0.1, -0.05) is 36.0 Å². The van der Waals surface area contributed by atoms with Crippen LogP contribution in [0.4, 0.5) is 5.69 Å². The Labute approximate surface area is 129 Å². The largest absolute Gasteiger partial charge is 0.388 e. The quantitative estimate of drug-likeness (QED) is 0.877. The SMILES string of the molecule is CC(c1cccc(Cl)c1)N(C)c1ccnc(C(N)=S)c1. The summed E-state index contributed by atoms with van der Waals surface area (Å²) in [4.78, 5) is 6.59. The van der Waals surface area contributed by atoms with E-state index in [9.17, 15) is 0 Å². The van der Waals surface area contributed by atoms with Gasteiger partial charge in [0.05, 0.1) is 11.7 Å². The Morgan fingerprint density at radius 2 is 2.10 bits per heavy atom. The molecule has 2 rings (SSSR count). The summed E-state index contributed by atoms with van der Waals surface area (Å²) >= 11 is 11.0. The van der Waals surface area contributed by atoms with Crippen molar-refractivity contribution in [3.63, 3.8) is 0 Å². The number of thiocarbonyl (C=S) groups is 1. The van der Waals surface area contributed by atoms with Crippen molar-refractivity contribution in [1.29, 1.82) is 0 Å². The van der Waals surface area contributed by atoms with Crippen LogP contribution in [0.15, 0.2) is 42.6 Å². The van der Waals surface area contributed by atoms with Crippen LogP contribution in [0.5, 0.6) is 0 Å². The molecule has 1 atom stereocenters. The minimum atomic E-state index is 0.176. The third kappa shape index (κ3) is 3.26. The minimum Gasteiger partial charge on any atom is -0.388 e. The van der Waals surface area contributed by atoms with Gasteiger partial charge in [-0.25, -0.2) is 0 Å². The summed E-state index contributed by atoms with van der Waals surface area (Å²) in [7, 11) is 2.02. The third-order valence-electron chi connectivity index (χ3n) is 3.32. The topological polar surface area (TPSA) is 42.2 Å². The van der Waals surface area contributed by atoms with E-state index in [1.165, 1.54) is 0 Å². The second-order valence-corrected chi connectivity index (χ2v) is 5.48. The van der Waals surface area contributed by atoms with E-state index in [-0.39, 0.29) is 6.04 Å². The molecule has 20 heavy (non-hydrogen) atoms. The average Bonchev–Trinajstić information content (AvgIpc) is 2.45. The average molecular weight is 306 g/mol. The molecule has 0 aliphatic heterocycles. The van der Waals surface area contributed by atoms with E-state index in [4.69, 9.17) is 29.6 Å². The van der Waals surface area contributed by atoms with Crippen molar-refractivity contribution in [3.8, 4) is 0 Å². The molecule has 0 fully saturated rings. The van der Waals surface area contributed by atoms with Crippen molar-refractivity contribution >= 4 is 34.5 Å². The maximum atomic E-state index is 6.04. The lowest BCUT2D eigenvalue weighted by molar-refractivity contribution is 0.739. The standard InChI is InChI=1S/C15H16ClN3S/c1-10(11-4-3-5-12(16)8-11)19(2)13-6-7-18-14(9-13)15(17)20/h3-10H,1-2H3,(H2,17,20). The van der Waals surface area contributed by atoms with Gasteiger partial charge in [0.2, 0.25) is 0 Å². The van der Waals surface area contributed by atoms with Crippen LogP contribution in [-0.4, -0.2) is 17.0 Å². The van der Waals surface area contributed by atoms with E-state index in [0.29, 0.717) is 10.7 Å². The van der Waals surface area contributed by atoms with Crippen molar-refractivity contribution in [1.82, 2.24) is 4.98 Å². The van der Waals surface area contributed by atoms with Crippen LogP contribution in [0, 0.1) is 0 Å². The predicted molar refractivity (Wildman–Crippen MR) is 88.4 cm³/mol. The number of hydrogen-bond donors (Lipinski definition) is 1. The molecule has 1 aromatic carbocycles. The summed E-state index contributed by atoms with van der Waals surface area (Å²) in [6.07, 6.45) is 1.71. The van der Waals surface area contributed by atoms with Crippen LogP contribution >= 0.6 is 23.8 Å². The van der Waals surface area contributed by atoms with Gasteiger partial charge >= 0.3 is 0 Å². The number of aromatic nitrogens is 1. The van der Waals surface area contributed by atoms with Gasteiger partial charge in [-0.05, 0) is 36.8 Å². The molecule has 2 aromatic rings. The fraction of sp³-hybridized carbons (Fsp3) is 0.200. The smallest absolute Gasteiger partial charge is 0.122 e. The van der Waals surface area contributed by atoms with Crippen molar-refractivity contribution in [2.75, 3.05) is 11.9 Å². The van der Waals surface area contributed by atoms with Gasteiger partial charge in [0.15, 0.2) is 0 Å². The number of nitrogens with zero attached hydrogens (tertiary/aromatic N) is 2. The van der Waals surface area contributed by atoms with Crippen molar-refractivity contribution in [2.45, 2.75) is 13.0 Å². The first-order chi connectivity index (χ1) is 9.49. The number of nitrogens with two attached hydrogens (primary N) is 1. The Kier molecular flexibility index (Phi) is 4.57. The number of rotatable bonds is 4. The van der Waals surface area contributed by atoms with Crippen LogP contribution in [0.1, 0.15) is 24.2 Å². The Bertz CT molecular complexity index is 630. The lowest BCUT2D eigenvalue weighted by atomic mass is 10.1. The highest BCUT2D eigenvalue weighted by atomic mass is 35.5. The van der Waals surface area contributed by atoms with E-state index in [0.717, 1.165) is 16.3 Å². The van der Waals surface area contributed by atoms with E-state index >= 15 is 0 Å². The molecule has 1 aromatic heterocycles. The van der Waals surface area contributed by atoms with Crippen LogP contribution in [0.25, 0.3) is 0 Å². The van der Waals surface area contributed by atoms with Gasteiger partial charge in [0.1, 0.15) is 4.99 Å². The first-order valence-electron chi connectivity index (χ1n) is 6.23. The zero-order valence-electron chi connectivity index (χ0n) is 11.4. The van der Waals surface area contributed by atoms with Crippen LogP contribution in [0.2, 0.25) is 5.02 Å². The molecule has 1 unspecified atom stereocenters. The van der Waals surface area contributed by atoms with Crippen molar-refractivity contribution in [2.24, 2.45) is 5.73 Å². The molecule has 0 radical (unpaired) electrons. The highest BCUT2D eigenvalue weighted by Crippen LogP contribution is 2.26. The molecule has 104 valence electrons. The second kappa shape index (κ2) is 6.20. The van der Waals surface area contributed by atoms with Crippen LogP contribution in [-0.2, 0) is 0 Å². The zero-order chi connectivity index (χ0) is 14.7. The first-order valence-corrected chi connectivity index (χ1v) is 7.02. The molecule has 1 heterocycles. The number of pyridine rings is 1. The lowest BCUT2D eigenvalue weighted by Crippen LogP contribution is -2.22. The highest BCUT2D eigenvalue weighted by Gasteiger charge is 2.13. The molecule has 5 heteroatoms. The van der Waals surface area contributed by atoms with Crippen LogP contribution in [0.3, 0.4) is 0 Å². The van der Waals surface area contributed by atoms with E-state index in [2.05, 4.69) is 22.9 Å². The highest BCUT2D eigenvalue weighted by molar-refractivity contribution is 7.80. The van der Waals surface area contributed by atoms with Gasteiger partial charge < -0.3 is 10.6 Å². The molecule has 0 aliphatic carbocycles. The van der Waals surface area contributed by atoms with E-state index < -0.39 is 0 Å². The van der Waals surface area contributed by atoms with Crippen LogP contribution < -0.4 is 10.6 Å². The van der Waals surface area contributed by atoms with Gasteiger partial charge in [0.25, 0.3) is 0 Å². The van der Waals surface area contributed by atoms with Gasteiger partial charge in [-0.15, -0.1) is 0 Å². The maximum Gasteiger partial charge on any atom is 0.122 e. The third-order valence-corrected chi connectivity index (χ3v) is 3.76. The normalized spacial score (nSPS) is 11.9. The van der Waals surface area contributed by atoms with Crippen molar-refractivity contribution in [3.05, 3.63) is 58.9 Å². The Morgan fingerprint density at radius 3 is 2.75 bits per heavy atom. The molecule has 0 aliphatic rings. The summed E-state index contributed by atoms with van der Waals surface area (Å²) < 4.78 is 0. The molecule has 3 nitrogen and oxygen atoms in total. The molecule has 0 saturated carbocycles. The zero-order valence-corrected chi connectivity index (χ0v) is 12.9. The summed E-state index contributed by atoms with van der Waals surface area (Å²) in [5.74, 6) is 0. The van der Waals surface area contributed by atoms with Gasteiger partial charge in [-0.3, -0.25) is 4.98 Å². The molecule has 2 N–H and O–H groups in total. The molecule has 0 spiro atoms. The maximum absolute atomic E-state index is 6.04. The van der Waals surface area contributed by atoms with E-state index in [1.54, 1.807) is 6.20 Å². The molecular weight excluding hydrogens is 290 g/mol. The molecule has 0 bridgehead atoms. The fourth-order valence-electron chi connectivity index (χ4n) is 1.99. The van der Waals surface area contributed by atoms with Gasteiger partial charge in [0, 0.05) is 24.0 Å². The summed E-state index contributed by atoms with van der Waals surface area (Å²) in [6.45, 7) is 2.12. The summed E-state index contributed by atoms with van der Waals surface area (Å²) in [5, 5.41) is 0.737. The minimum absolute atomic E-state index is 0.176. The second-order valence-electron chi connectivity index (χ2n) is 4.61. The Hall–Kier alpha value is -1.65. The number of benzene rings is 1. The monoisotopic (exact) mass is 305 g/mol. The number of anilines is 1. The number of hydrogen-bond acceptors (Lipinski definition) is 3.